The Labute approximate surface area is 301 Å². The molecule has 2 amide bonds. The van der Waals surface area contributed by atoms with Gasteiger partial charge in [0.15, 0.2) is 11.6 Å². The Morgan fingerprint density at radius 1 is 0.780 bits per heavy atom. The zero-order valence-electron chi connectivity index (χ0n) is 32.6. The first-order valence-electron chi connectivity index (χ1n) is 19.3. The normalized spacial score (nSPS) is 17.2. The Morgan fingerprint density at radius 2 is 1.32 bits per heavy atom. The molecular formula is C42H63N4O4+. The lowest BCUT2D eigenvalue weighted by Gasteiger charge is -2.33. The smallest absolute Gasteiger partial charge is 0.227 e. The van der Waals surface area contributed by atoms with Crippen LogP contribution in [0.4, 0.5) is 11.4 Å². The second-order valence-electron chi connectivity index (χ2n) is 13.8. The van der Waals surface area contributed by atoms with Crippen LogP contribution in [0.15, 0.2) is 46.7 Å². The first kappa shape index (κ1) is 40.6. The molecule has 2 aliphatic rings. The lowest BCUT2D eigenvalue weighted by molar-refractivity contribution is -0.519. The first-order chi connectivity index (χ1) is 24.0. The number of amides is 2. The van der Waals surface area contributed by atoms with Crippen LogP contribution in [0, 0.1) is 18.8 Å². The Kier molecular flexibility index (Phi) is 15.4. The molecule has 0 radical (unpaired) electrons. The standard InChI is InChI=1S/C42H62N4O4/c1-11-19-21-29(13-3)41(49)43-33-25-35(45(15-5)16-6)27(9)23-31(33)37-39(47)38(40(37)48)32-24-28(10)36(46(17-7)18-8)26-34(32)44-42(50)30(14-4)22-20-12-2/h23-26,29-30,37H,11-22H2,1-10H3,(H,43,49)/p+1. The summed E-state index contributed by atoms with van der Waals surface area (Å²) in [7, 11) is 0. The molecule has 1 saturated carbocycles. The highest BCUT2D eigenvalue weighted by atomic mass is 16.2. The van der Waals surface area contributed by atoms with E-state index in [1.54, 1.807) is 0 Å². The van der Waals surface area contributed by atoms with E-state index >= 15 is 0 Å². The average Bonchev–Trinajstić information content (AvgIpc) is 3.10. The predicted molar refractivity (Wildman–Crippen MR) is 206 cm³/mol. The van der Waals surface area contributed by atoms with Crippen molar-refractivity contribution >= 4 is 40.5 Å². The summed E-state index contributed by atoms with van der Waals surface area (Å²) in [6, 6.07) is 3.85. The largest absolute Gasteiger partial charge is 0.372 e. The summed E-state index contributed by atoms with van der Waals surface area (Å²) in [4.78, 5) is 58.0. The minimum Gasteiger partial charge on any atom is -0.372 e. The molecule has 8 heteroatoms. The van der Waals surface area contributed by atoms with Crippen LogP contribution < -0.4 is 15.5 Å². The molecule has 2 N–H and O–H groups in total. The number of rotatable bonds is 18. The van der Waals surface area contributed by atoms with Crippen LogP contribution in [0.25, 0.3) is 0 Å². The minimum absolute atomic E-state index is 0.0823. The van der Waals surface area contributed by atoms with Gasteiger partial charge in [0.2, 0.25) is 17.5 Å². The molecule has 1 fully saturated rings. The number of ketones is 2. The van der Waals surface area contributed by atoms with Crippen molar-refractivity contribution in [3.8, 4) is 0 Å². The highest BCUT2D eigenvalue weighted by Crippen LogP contribution is 2.43. The van der Waals surface area contributed by atoms with Gasteiger partial charge in [0, 0.05) is 53.5 Å². The summed E-state index contributed by atoms with van der Waals surface area (Å²) < 4.78 is 2.21. The minimum atomic E-state index is -1.03. The van der Waals surface area contributed by atoms with Crippen molar-refractivity contribution in [1.29, 1.82) is 0 Å². The third-order valence-corrected chi connectivity index (χ3v) is 10.6. The van der Waals surface area contributed by atoms with Crippen LogP contribution in [0.5, 0.6) is 0 Å². The van der Waals surface area contributed by atoms with Crippen molar-refractivity contribution < 1.29 is 23.8 Å². The average molecular weight is 688 g/mol. The number of benzene rings is 1. The third-order valence-electron chi connectivity index (χ3n) is 10.6. The van der Waals surface area contributed by atoms with Crippen molar-refractivity contribution in [2.45, 2.75) is 127 Å². The first-order valence-corrected chi connectivity index (χ1v) is 19.3. The van der Waals surface area contributed by atoms with Crippen molar-refractivity contribution in [2.24, 2.45) is 11.8 Å². The summed E-state index contributed by atoms with van der Waals surface area (Å²) in [5, 5.41) is 6.31. The van der Waals surface area contributed by atoms with E-state index in [0.717, 1.165) is 87.2 Å². The molecule has 0 heterocycles. The van der Waals surface area contributed by atoms with Gasteiger partial charge in [-0.3, -0.25) is 19.2 Å². The molecule has 0 bridgehead atoms. The van der Waals surface area contributed by atoms with Crippen LogP contribution in [0.3, 0.4) is 0 Å². The van der Waals surface area contributed by atoms with Crippen molar-refractivity contribution in [1.82, 2.24) is 5.32 Å². The molecule has 2 aliphatic carbocycles. The van der Waals surface area contributed by atoms with Crippen LogP contribution >= 0.6 is 0 Å². The fraction of sp³-hybridized carbons (Fsp3) is 0.595. The van der Waals surface area contributed by atoms with E-state index in [1.165, 1.54) is 0 Å². The molecule has 8 nitrogen and oxygen atoms in total. The molecular weight excluding hydrogens is 624 g/mol. The maximum atomic E-state index is 14.3. The van der Waals surface area contributed by atoms with Gasteiger partial charge in [-0.05, 0) is 90.5 Å². The van der Waals surface area contributed by atoms with Gasteiger partial charge in [-0.2, -0.15) is 0 Å². The molecule has 50 heavy (non-hydrogen) atoms. The number of Topliss-reactive ketones (excluding diaryl/α,β-unsaturated/α-hetero) is 2. The van der Waals surface area contributed by atoms with Gasteiger partial charge >= 0.3 is 0 Å². The van der Waals surface area contributed by atoms with Gasteiger partial charge in [-0.1, -0.05) is 59.4 Å². The molecule has 0 aliphatic heterocycles. The Balaban J connectivity index is 2.15. The summed E-state index contributed by atoms with van der Waals surface area (Å²) in [6.45, 7) is 23.7. The zero-order chi connectivity index (χ0) is 37.1. The van der Waals surface area contributed by atoms with E-state index in [4.69, 9.17) is 0 Å². The summed E-state index contributed by atoms with van der Waals surface area (Å²) in [6.07, 6.45) is 10.7. The number of hydrogen-bond donors (Lipinski definition) is 2. The zero-order valence-corrected chi connectivity index (χ0v) is 32.6. The van der Waals surface area contributed by atoms with Crippen LogP contribution in [0.2, 0.25) is 0 Å². The van der Waals surface area contributed by atoms with Crippen molar-refractivity contribution in [2.75, 3.05) is 36.4 Å². The van der Waals surface area contributed by atoms with Gasteiger partial charge in [0.25, 0.3) is 0 Å². The molecule has 1 aromatic rings. The Morgan fingerprint density at radius 3 is 1.80 bits per heavy atom. The highest BCUT2D eigenvalue weighted by Gasteiger charge is 2.49. The fourth-order valence-corrected chi connectivity index (χ4v) is 7.29. The lowest BCUT2D eigenvalue weighted by atomic mass is 9.69. The van der Waals surface area contributed by atoms with Crippen LogP contribution in [-0.4, -0.2) is 59.8 Å². The number of carbonyl (C=O) groups excluding carboxylic acids is 4. The molecule has 3 rings (SSSR count). The number of nitrogens with zero attached hydrogens (tertiary/aromatic N) is 2. The van der Waals surface area contributed by atoms with E-state index in [1.807, 2.05) is 52.0 Å². The molecule has 2 unspecified atom stereocenters. The number of anilines is 2. The van der Waals surface area contributed by atoms with Crippen molar-refractivity contribution in [3.63, 3.8) is 0 Å². The Bertz CT molecular complexity index is 1530. The van der Waals surface area contributed by atoms with E-state index in [0.29, 0.717) is 35.4 Å². The van der Waals surface area contributed by atoms with E-state index < -0.39 is 5.92 Å². The SMILES string of the molecule is CCCCC(CC)C(=O)NC1=CC(=[N+](CC)CC)C(C)=CC1=C1C(=O)C(c2cc(C)c(N(CC)CC)cc2NC(=O)C(CC)CCCC)C1=O. The third kappa shape index (κ3) is 8.91. The number of hydrogen-bond acceptors (Lipinski definition) is 5. The fourth-order valence-electron chi connectivity index (χ4n) is 7.29. The van der Waals surface area contributed by atoms with E-state index in [-0.39, 0.29) is 40.8 Å². The number of nitrogens with one attached hydrogen (secondary N) is 2. The van der Waals surface area contributed by atoms with Gasteiger partial charge in [0.1, 0.15) is 19.0 Å². The summed E-state index contributed by atoms with van der Waals surface area (Å²) in [5.74, 6) is -2.09. The molecule has 0 saturated heterocycles. The predicted octanol–water partition coefficient (Wildman–Crippen LogP) is 8.20. The number of unbranched alkanes of at least 4 members (excludes halogenated alkanes) is 2. The maximum absolute atomic E-state index is 14.3. The second-order valence-corrected chi connectivity index (χ2v) is 13.8. The van der Waals surface area contributed by atoms with Crippen LogP contribution in [0.1, 0.15) is 131 Å². The van der Waals surface area contributed by atoms with Gasteiger partial charge in [0.05, 0.1) is 11.3 Å². The summed E-state index contributed by atoms with van der Waals surface area (Å²) in [5.41, 5.74) is 5.94. The number of carbonyl (C=O) groups is 4. The molecule has 0 spiro atoms. The van der Waals surface area contributed by atoms with Gasteiger partial charge in [-0.15, -0.1) is 0 Å². The lowest BCUT2D eigenvalue weighted by Crippen LogP contribution is -2.42. The molecule has 0 aromatic heterocycles. The second kappa shape index (κ2) is 19.0. The maximum Gasteiger partial charge on any atom is 0.227 e. The number of allylic oxidation sites excluding steroid dienone is 4. The van der Waals surface area contributed by atoms with Crippen LogP contribution in [-0.2, 0) is 19.2 Å². The molecule has 1 aromatic carbocycles. The number of aryl methyl sites for hydroxylation is 1. The quantitative estimate of drug-likeness (QED) is 0.0702. The van der Waals surface area contributed by atoms with Gasteiger partial charge < -0.3 is 15.5 Å². The molecule has 2 atom stereocenters. The topological polar surface area (TPSA) is 98.6 Å². The monoisotopic (exact) mass is 687 g/mol. The molecule has 274 valence electrons. The Hall–Kier alpha value is -3.81. The van der Waals surface area contributed by atoms with E-state index in [2.05, 4.69) is 61.7 Å². The summed E-state index contributed by atoms with van der Waals surface area (Å²) >= 11 is 0. The highest BCUT2D eigenvalue weighted by molar-refractivity contribution is 6.43. The van der Waals surface area contributed by atoms with E-state index in [9.17, 15) is 19.2 Å². The van der Waals surface area contributed by atoms with Crippen molar-refractivity contribution in [3.05, 3.63) is 57.8 Å². The van der Waals surface area contributed by atoms with Gasteiger partial charge in [-0.25, -0.2) is 4.58 Å².